The summed E-state index contributed by atoms with van der Waals surface area (Å²) < 4.78 is 13.6. The van der Waals surface area contributed by atoms with Gasteiger partial charge in [-0.2, -0.15) is 0 Å². The summed E-state index contributed by atoms with van der Waals surface area (Å²) in [6, 6.07) is 6.52. The molecule has 3 nitrogen and oxygen atoms in total. The first-order valence-electron chi connectivity index (χ1n) is 8.26. The number of hydrogen-bond donors (Lipinski definition) is 1. The molecule has 2 unspecified atom stereocenters. The third-order valence-corrected chi connectivity index (χ3v) is 5.44. The van der Waals surface area contributed by atoms with Gasteiger partial charge in [0.1, 0.15) is 5.82 Å². The Morgan fingerprint density at radius 2 is 2.14 bits per heavy atom. The summed E-state index contributed by atoms with van der Waals surface area (Å²) in [5, 5.41) is 9.75. The van der Waals surface area contributed by atoms with E-state index in [-0.39, 0.29) is 23.7 Å². The van der Waals surface area contributed by atoms with Gasteiger partial charge < -0.3 is 10.0 Å². The van der Waals surface area contributed by atoms with Crippen molar-refractivity contribution in [2.24, 2.45) is 5.92 Å². The zero-order chi connectivity index (χ0) is 15.7. The van der Waals surface area contributed by atoms with Crippen LogP contribution in [0.4, 0.5) is 4.39 Å². The molecule has 1 N–H and O–H groups in total. The van der Waals surface area contributed by atoms with Crippen molar-refractivity contribution in [3.8, 4) is 0 Å². The second-order valence-corrected chi connectivity index (χ2v) is 6.84. The van der Waals surface area contributed by atoms with E-state index < -0.39 is 5.41 Å². The molecule has 1 aliphatic carbocycles. The van der Waals surface area contributed by atoms with Gasteiger partial charge in [0.15, 0.2) is 0 Å². The van der Waals surface area contributed by atoms with E-state index in [1.54, 1.807) is 13.0 Å². The first-order chi connectivity index (χ1) is 10.5. The lowest BCUT2D eigenvalue weighted by molar-refractivity contribution is -0.136. The van der Waals surface area contributed by atoms with Crippen molar-refractivity contribution in [3.63, 3.8) is 0 Å². The van der Waals surface area contributed by atoms with Crippen LogP contribution in [0, 0.1) is 11.7 Å². The van der Waals surface area contributed by atoms with Crippen molar-refractivity contribution >= 4 is 5.91 Å². The predicted octanol–water partition coefficient (Wildman–Crippen LogP) is 2.87. The van der Waals surface area contributed by atoms with Gasteiger partial charge in [0.25, 0.3) is 0 Å². The maximum atomic E-state index is 13.6. The van der Waals surface area contributed by atoms with Gasteiger partial charge in [0.2, 0.25) is 5.91 Å². The Labute approximate surface area is 131 Å². The molecule has 1 amide bonds. The summed E-state index contributed by atoms with van der Waals surface area (Å²) in [4.78, 5) is 15.1. The van der Waals surface area contributed by atoms with E-state index in [1.807, 2.05) is 11.0 Å². The second-order valence-electron chi connectivity index (χ2n) is 6.84. The second kappa shape index (κ2) is 5.99. The van der Waals surface area contributed by atoms with Gasteiger partial charge in [0, 0.05) is 19.0 Å². The van der Waals surface area contributed by atoms with Crippen LogP contribution in [0.5, 0.6) is 0 Å². The number of hydrogen-bond acceptors (Lipinski definition) is 2. The number of halogens is 1. The molecule has 3 rings (SSSR count). The minimum Gasteiger partial charge on any atom is -0.393 e. The van der Waals surface area contributed by atoms with Crippen molar-refractivity contribution in [2.75, 3.05) is 13.1 Å². The third kappa shape index (κ3) is 2.65. The van der Waals surface area contributed by atoms with Crippen molar-refractivity contribution in [3.05, 3.63) is 35.6 Å². The average Bonchev–Trinajstić information content (AvgIpc) is 3.17. The quantitative estimate of drug-likeness (QED) is 0.933. The topological polar surface area (TPSA) is 40.5 Å². The van der Waals surface area contributed by atoms with Crippen molar-refractivity contribution < 1.29 is 14.3 Å². The molecule has 1 heterocycles. The van der Waals surface area contributed by atoms with Gasteiger partial charge in [-0.3, -0.25) is 4.79 Å². The van der Waals surface area contributed by atoms with Gasteiger partial charge in [-0.05, 0) is 43.9 Å². The fourth-order valence-electron chi connectivity index (χ4n) is 4.06. The molecular formula is C18H24FNO2. The Morgan fingerprint density at radius 3 is 2.73 bits per heavy atom. The number of carbonyl (C=O) groups excluding carboxylic acids is 1. The van der Waals surface area contributed by atoms with Crippen molar-refractivity contribution in [1.29, 1.82) is 0 Å². The zero-order valence-electron chi connectivity index (χ0n) is 13.1. The molecule has 4 heteroatoms. The normalized spacial score (nSPS) is 25.4. The molecule has 1 saturated carbocycles. The molecule has 2 aliphatic rings. The first kappa shape index (κ1) is 15.5. The molecule has 0 radical (unpaired) electrons. The van der Waals surface area contributed by atoms with E-state index in [2.05, 4.69) is 0 Å². The standard InChI is InChI=1S/C18H24FNO2/c1-13(21)14-7-10-20(12-14)17(22)18(8-2-3-9-18)15-5-4-6-16(19)11-15/h4-6,11,13-14,21H,2-3,7-10,12H2,1H3. The number of likely N-dealkylation sites (tertiary alicyclic amines) is 1. The fourth-order valence-corrected chi connectivity index (χ4v) is 4.06. The van der Waals surface area contributed by atoms with E-state index in [0.29, 0.717) is 13.1 Å². The van der Waals surface area contributed by atoms with E-state index in [1.165, 1.54) is 12.1 Å². The lowest BCUT2D eigenvalue weighted by atomic mass is 9.77. The summed E-state index contributed by atoms with van der Waals surface area (Å²) in [7, 11) is 0. The monoisotopic (exact) mass is 305 g/mol. The predicted molar refractivity (Wildman–Crippen MR) is 82.9 cm³/mol. The summed E-state index contributed by atoms with van der Waals surface area (Å²) in [6.07, 6.45) is 4.08. The Bertz CT molecular complexity index is 552. The maximum absolute atomic E-state index is 13.6. The molecule has 22 heavy (non-hydrogen) atoms. The smallest absolute Gasteiger partial charge is 0.233 e. The molecule has 0 spiro atoms. The summed E-state index contributed by atoms with van der Waals surface area (Å²) in [6.45, 7) is 3.11. The number of aliphatic hydroxyl groups is 1. The summed E-state index contributed by atoms with van der Waals surface area (Å²) in [5.74, 6) is 0.00789. The van der Waals surface area contributed by atoms with Gasteiger partial charge in [0.05, 0.1) is 11.5 Å². The SMILES string of the molecule is CC(O)C1CCN(C(=O)C2(c3cccc(F)c3)CCCC2)C1. The first-order valence-corrected chi connectivity index (χ1v) is 8.26. The highest BCUT2D eigenvalue weighted by Gasteiger charge is 2.46. The van der Waals surface area contributed by atoms with Crippen LogP contribution in [0.25, 0.3) is 0 Å². The van der Waals surface area contributed by atoms with Crippen LogP contribution >= 0.6 is 0 Å². The lowest BCUT2D eigenvalue weighted by Crippen LogP contribution is -2.45. The van der Waals surface area contributed by atoms with Crippen molar-refractivity contribution in [1.82, 2.24) is 4.90 Å². The molecule has 1 saturated heterocycles. The molecular weight excluding hydrogens is 281 g/mol. The van der Waals surface area contributed by atoms with Gasteiger partial charge in [-0.15, -0.1) is 0 Å². The number of nitrogens with zero attached hydrogens (tertiary/aromatic N) is 1. The minimum atomic E-state index is -0.560. The van der Waals surface area contributed by atoms with E-state index in [4.69, 9.17) is 0 Å². The van der Waals surface area contributed by atoms with Gasteiger partial charge in [-0.1, -0.05) is 25.0 Å². The molecule has 2 fully saturated rings. The van der Waals surface area contributed by atoms with Gasteiger partial charge >= 0.3 is 0 Å². The Hall–Kier alpha value is -1.42. The molecule has 120 valence electrons. The number of amides is 1. The van der Waals surface area contributed by atoms with Crippen molar-refractivity contribution in [2.45, 2.75) is 50.5 Å². The molecule has 1 aromatic rings. The summed E-state index contributed by atoms with van der Waals surface area (Å²) >= 11 is 0. The van der Waals surface area contributed by atoms with E-state index >= 15 is 0 Å². The van der Waals surface area contributed by atoms with Crippen LogP contribution in [0.2, 0.25) is 0 Å². The zero-order valence-corrected chi connectivity index (χ0v) is 13.1. The number of carbonyl (C=O) groups is 1. The fraction of sp³-hybridized carbons (Fsp3) is 0.611. The highest BCUT2D eigenvalue weighted by Crippen LogP contribution is 2.43. The number of rotatable bonds is 3. The number of benzene rings is 1. The minimum absolute atomic E-state index is 0.124. The Kier molecular flexibility index (Phi) is 4.22. The molecule has 0 aromatic heterocycles. The van der Waals surface area contributed by atoms with Crippen LogP contribution < -0.4 is 0 Å². The van der Waals surface area contributed by atoms with E-state index in [9.17, 15) is 14.3 Å². The molecule has 1 aliphatic heterocycles. The highest BCUT2D eigenvalue weighted by atomic mass is 19.1. The van der Waals surface area contributed by atoms with Crippen LogP contribution in [0.1, 0.15) is 44.6 Å². The lowest BCUT2D eigenvalue weighted by Gasteiger charge is -2.33. The maximum Gasteiger partial charge on any atom is 0.233 e. The Morgan fingerprint density at radius 1 is 1.41 bits per heavy atom. The van der Waals surface area contributed by atoms with Crippen LogP contribution in [0.15, 0.2) is 24.3 Å². The molecule has 0 bridgehead atoms. The number of aliphatic hydroxyl groups excluding tert-OH is 1. The van der Waals surface area contributed by atoms with Gasteiger partial charge in [-0.25, -0.2) is 4.39 Å². The average molecular weight is 305 g/mol. The largest absolute Gasteiger partial charge is 0.393 e. The van der Waals surface area contributed by atoms with E-state index in [0.717, 1.165) is 37.7 Å². The van der Waals surface area contributed by atoms with Crippen LogP contribution in [0.3, 0.4) is 0 Å². The molecule has 1 aromatic carbocycles. The van der Waals surface area contributed by atoms with Crippen LogP contribution in [-0.2, 0) is 10.2 Å². The van der Waals surface area contributed by atoms with Crippen LogP contribution in [-0.4, -0.2) is 35.1 Å². The highest BCUT2D eigenvalue weighted by molar-refractivity contribution is 5.89. The molecule has 2 atom stereocenters. The third-order valence-electron chi connectivity index (χ3n) is 5.44. The Balaban J connectivity index is 1.87. The summed E-state index contributed by atoms with van der Waals surface area (Å²) in [5.41, 5.74) is 0.255.